The molecule has 0 aromatic heterocycles. The zero-order chi connectivity index (χ0) is 24.3. The van der Waals surface area contributed by atoms with Gasteiger partial charge in [-0.1, -0.05) is 52.5 Å². The topological polar surface area (TPSA) is 72.9 Å². The third kappa shape index (κ3) is 6.58. The quantitative estimate of drug-likeness (QED) is 0.278. The standard InChI is InChI=1S/C22H17Cl4NO5S/c1-11(2)32-19(28)9-27-21(29)18(33-22(27)30)8-13-6-16(25)20(17(26)7-13)31-10-12-3-4-14(23)15(24)5-12/h3-8,11H,9-10H2,1-2H3/b18-8-. The number of imide groups is 1. The highest BCUT2D eigenvalue weighted by molar-refractivity contribution is 8.18. The predicted octanol–water partition coefficient (Wildman–Crippen LogP) is 6.87. The van der Waals surface area contributed by atoms with Gasteiger partial charge in [0.25, 0.3) is 11.1 Å². The van der Waals surface area contributed by atoms with Crippen LogP contribution in [0.5, 0.6) is 5.75 Å². The van der Waals surface area contributed by atoms with E-state index in [0.717, 1.165) is 10.5 Å². The summed E-state index contributed by atoms with van der Waals surface area (Å²) in [6, 6.07) is 8.20. The number of carbonyl (C=O) groups excluding carboxylic acids is 3. The van der Waals surface area contributed by atoms with Crippen molar-refractivity contribution in [1.29, 1.82) is 0 Å². The summed E-state index contributed by atoms with van der Waals surface area (Å²) in [5.74, 6) is -1.01. The van der Waals surface area contributed by atoms with Crippen LogP contribution in [0.4, 0.5) is 4.79 Å². The number of halogens is 4. The summed E-state index contributed by atoms with van der Waals surface area (Å²) in [5, 5.41) is 0.701. The number of thioether (sulfide) groups is 1. The van der Waals surface area contributed by atoms with E-state index in [1.165, 1.54) is 6.08 Å². The summed E-state index contributed by atoms with van der Waals surface area (Å²) >= 11 is 25.3. The van der Waals surface area contributed by atoms with Gasteiger partial charge in [0.15, 0.2) is 5.75 Å². The van der Waals surface area contributed by atoms with Gasteiger partial charge < -0.3 is 9.47 Å². The molecule has 2 amide bonds. The van der Waals surface area contributed by atoms with Crippen LogP contribution in [-0.4, -0.2) is 34.7 Å². The fourth-order valence-corrected chi connectivity index (χ4v) is 4.57. The van der Waals surface area contributed by atoms with Crippen molar-refractivity contribution in [2.24, 2.45) is 0 Å². The Kier molecular flexibility index (Phi) is 8.59. The number of amides is 2. The van der Waals surface area contributed by atoms with E-state index in [0.29, 0.717) is 27.4 Å². The number of hydrogen-bond donors (Lipinski definition) is 0. The molecule has 0 saturated carbocycles. The summed E-state index contributed by atoms with van der Waals surface area (Å²) < 4.78 is 10.7. The second kappa shape index (κ2) is 11.0. The Morgan fingerprint density at radius 1 is 1.03 bits per heavy atom. The van der Waals surface area contributed by atoms with Gasteiger partial charge in [0.1, 0.15) is 13.2 Å². The normalized spacial score (nSPS) is 15.0. The first-order valence-electron chi connectivity index (χ1n) is 9.55. The minimum absolute atomic E-state index is 0.133. The Bertz CT molecular complexity index is 1130. The molecule has 33 heavy (non-hydrogen) atoms. The molecule has 11 heteroatoms. The van der Waals surface area contributed by atoms with E-state index in [2.05, 4.69) is 0 Å². The molecule has 2 aromatic carbocycles. The van der Waals surface area contributed by atoms with E-state index in [-0.39, 0.29) is 33.4 Å². The predicted molar refractivity (Wildman–Crippen MR) is 131 cm³/mol. The molecule has 0 unspecified atom stereocenters. The number of benzene rings is 2. The SMILES string of the molecule is CC(C)OC(=O)CN1C(=O)S/C(=C\c2cc(Cl)c(OCc3ccc(Cl)c(Cl)c3)c(Cl)c2)C1=O. The Morgan fingerprint density at radius 3 is 2.30 bits per heavy atom. The van der Waals surface area contributed by atoms with Gasteiger partial charge >= 0.3 is 5.97 Å². The average molecular weight is 549 g/mol. The molecule has 1 fully saturated rings. The number of rotatable bonds is 7. The lowest BCUT2D eigenvalue weighted by atomic mass is 10.2. The third-order valence-corrected chi connectivity index (χ3v) is 6.42. The minimum Gasteiger partial charge on any atom is -0.486 e. The molecule has 0 spiro atoms. The molecule has 2 aromatic rings. The molecule has 1 saturated heterocycles. The maximum atomic E-state index is 12.6. The highest BCUT2D eigenvalue weighted by atomic mass is 35.5. The molecular weight excluding hydrogens is 532 g/mol. The first kappa shape index (κ1) is 25.7. The lowest BCUT2D eigenvalue weighted by Crippen LogP contribution is -2.35. The maximum Gasteiger partial charge on any atom is 0.326 e. The third-order valence-electron chi connectivity index (χ3n) is 4.21. The van der Waals surface area contributed by atoms with Crippen molar-refractivity contribution in [3.63, 3.8) is 0 Å². The number of carbonyl (C=O) groups is 3. The molecule has 0 radical (unpaired) electrons. The molecule has 1 heterocycles. The second-order valence-corrected chi connectivity index (χ2v) is 9.78. The van der Waals surface area contributed by atoms with E-state index in [4.69, 9.17) is 55.9 Å². The Balaban J connectivity index is 1.73. The van der Waals surface area contributed by atoms with Crippen LogP contribution in [0.3, 0.4) is 0 Å². The summed E-state index contributed by atoms with van der Waals surface area (Å²) in [6.07, 6.45) is 1.12. The Labute approximate surface area is 214 Å². The van der Waals surface area contributed by atoms with Gasteiger partial charge in [0.05, 0.1) is 31.1 Å². The zero-order valence-corrected chi connectivity index (χ0v) is 21.2. The van der Waals surface area contributed by atoms with Crippen LogP contribution in [-0.2, 0) is 20.9 Å². The van der Waals surface area contributed by atoms with E-state index in [1.54, 1.807) is 44.2 Å². The fraction of sp³-hybridized carbons (Fsp3) is 0.227. The van der Waals surface area contributed by atoms with Crippen molar-refractivity contribution in [2.75, 3.05) is 6.54 Å². The van der Waals surface area contributed by atoms with E-state index in [1.807, 2.05) is 0 Å². The Morgan fingerprint density at radius 2 is 1.70 bits per heavy atom. The van der Waals surface area contributed by atoms with E-state index in [9.17, 15) is 14.4 Å². The highest BCUT2D eigenvalue weighted by Crippen LogP contribution is 2.38. The van der Waals surface area contributed by atoms with Crippen LogP contribution >= 0.6 is 58.2 Å². The van der Waals surface area contributed by atoms with Crippen molar-refractivity contribution >= 4 is 81.4 Å². The van der Waals surface area contributed by atoms with Crippen LogP contribution in [0.2, 0.25) is 20.1 Å². The lowest BCUT2D eigenvalue weighted by molar-refractivity contribution is -0.149. The number of hydrogen-bond acceptors (Lipinski definition) is 6. The summed E-state index contributed by atoms with van der Waals surface area (Å²) in [4.78, 5) is 37.6. The Hall–Kier alpha value is -1.90. The van der Waals surface area contributed by atoms with Gasteiger partial charge in [-0.3, -0.25) is 19.3 Å². The van der Waals surface area contributed by atoms with Crippen LogP contribution < -0.4 is 4.74 Å². The molecule has 1 aliphatic heterocycles. The van der Waals surface area contributed by atoms with Gasteiger partial charge in [-0.25, -0.2) is 0 Å². The molecule has 0 atom stereocenters. The largest absolute Gasteiger partial charge is 0.486 e. The molecular formula is C22H17Cl4NO5S. The smallest absolute Gasteiger partial charge is 0.326 e. The van der Waals surface area contributed by atoms with Crippen molar-refractivity contribution in [3.8, 4) is 5.75 Å². The monoisotopic (exact) mass is 547 g/mol. The highest BCUT2D eigenvalue weighted by Gasteiger charge is 2.36. The van der Waals surface area contributed by atoms with Gasteiger partial charge in [0.2, 0.25) is 0 Å². The number of ether oxygens (including phenoxy) is 2. The summed E-state index contributed by atoms with van der Waals surface area (Å²) in [5.41, 5.74) is 1.26. The van der Waals surface area contributed by atoms with Gasteiger partial charge in [-0.2, -0.15) is 0 Å². The average Bonchev–Trinajstić information content (AvgIpc) is 2.96. The first-order chi connectivity index (χ1) is 15.5. The van der Waals surface area contributed by atoms with Crippen molar-refractivity contribution < 1.29 is 23.9 Å². The molecule has 6 nitrogen and oxygen atoms in total. The van der Waals surface area contributed by atoms with Gasteiger partial charge in [-0.05, 0) is 67.1 Å². The molecule has 0 bridgehead atoms. The molecule has 0 aliphatic carbocycles. The van der Waals surface area contributed by atoms with Gasteiger partial charge in [0, 0.05) is 0 Å². The van der Waals surface area contributed by atoms with Crippen molar-refractivity contribution in [2.45, 2.75) is 26.6 Å². The number of nitrogens with zero attached hydrogens (tertiary/aromatic N) is 1. The van der Waals surface area contributed by atoms with Crippen LogP contribution in [0.1, 0.15) is 25.0 Å². The second-order valence-electron chi connectivity index (χ2n) is 7.16. The van der Waals surface area contributed by atoms with Crippen molar-refractivity contribution in [3.05, 3.63) is 66.5 Å². The molecule has 174 valence electrons. The minimum atomic E-state index is -0.664. The molecule has 1 aliphatic rings. The maximum absolute atomic E-state index is 12.6. The van der Waals surface area contributed by atoms with E-state index < -0.39 is 23.7 Å². The van der Waals surface area contributed by atoms with Crippen LogP contribution in [0, 0.1) is 0 Å². The first-order valence-corrected chi connectivity index (χ1v) is 11.9. The summed E-state index contributed by atoms with van der Waals surface area (Å²) in [7, 11) is 0. The van der Waals surface area contributed by atoms with Gasteiger partial charge in [-0.15, -0.1) is 0 Å². The van der Waals surface area contributed by atoms with Crippen molar-refractivity contribution in [1.82, 2.24) is 4.90 Å². The van der Waals surface area contributed by atoms with Crippen LogP contribution in [0.15, 0.2) is 35.2 Å². The lowest BCUT2D eigenvalue weighted by Gasteiger charge is -2.13. The molecule has 0 N–H and O–H groups in total. The molecule has 3 rings (SSSR count). The fourth-order valence-electron chi connectivity index (χ4n) is 2.80. The zero-order valence-electron chi connectivity index (χ0n) is 17.4. The summed E-state index contributed by atoms with van der Waals surface area (Å²) in [6.45, 7) is 3.05. The number of esters is 1. The van der Waals surface area contributed by atoms with Crippen LogP contribution in [0.25, 0.3) is 6.08 Å². The van der Waals surface area contributed by atoms with E-state index >= 15 is 0 Å².